The van der Waals surface area contributed by atoms with Crippen LogP contribution < -0.4 is 10.6 Å². The topological polar surface area (TPSA) is 136 Å². The summed E-state index contributed by atoms with van der Waals surface area (Å²) in [5.41, 5.74) is 3.36. The van der Waals surface area contributed by atoms with E-state index in [0.717, 1.165) is 53.4 Å². The lowest BCUT2D eigenvalue weighted by molar-refractivity contribution is 0.0687. The van der Waals surface area contributed by atoms with Gasteiger partial charge in [-0.3, -0.25) is 5.32 Å². The van der Waals surface area contributed by atoms with Crippen molar-refractivity contribution in [1.82, 2.24) is 25.3 Å². The summed E-state index contributed by atoms with van der Waals surface area (Å²) in [4.78, 5) is 28.6. The first-order valence-corrected chi connectivity index (χ1v) is 11.0. The molecule has 4 rings (SSSR count). The van der Waals surface area contributed by atoms with E-state index < -0.39 is 5.60 Å². The largest absolute Gasteiger partial charge is 0.396 e. The standard InChI is InChI=1S/C23H30N6O3/c1-4-24-21(31)29-20-27-17-11-14(15-12-25-19(26-13-15)22(2,3)32)10-16(18(17)28-20)23(7-8-23)6-5-9-30/h10-13,30,32H,4-9H2,1-3H3,(H3,24,27,28,29,31). The normalized spacial score (nSPS) is 15.0. The molecule has 0 radical (unpaired) electrons. The molecule has 1 saturated carbocycles. The van der Waals surface area contributed by atoms with Gasteiger partial charge in [0.15, 0.2) is 5.82 Å². The maximum Gasteiger partial charge on any atom is 0.321 e. The molecule has 0 spiro atoms. The molecule has 9 heteroatoms. The maximum atomic E-state index is 12.0. The Bertz CT molecular complexity index is 1110. The molecule has 0 saturated heterocycles. The number of aliphatic hydroxyl groups excluding tert-OH is 1. The van der Waals surface area contributed by atoms with Crippen LogP contribution in [0.3, 0.4) is 0 Å². The van der Waals surface area contributed by atoms with Gasteiger partial charge in [0.05, 0.1) is 11.0 Å². The lowest BCUT2D eigenvalue weighted by Crippen LogP contribution is -2.28. The SMILES string of the molecule is CCNC(=O)Nc1nc2c(C3(CCCO)CC3)cc(-c3cnc(C(C)(C)O)nc3)cc2[nH]1. The van der Waals surface area contributed by atoms with Crippen molar-refractivity contribution in [1.29, 1.82) is 0 Å². The van der Waals surface area contributed by atoms with Crippen LogP contribution in [0.15, 0.2) is 24.5 Å². The Hall–Kier alpha value is -3.04. The monoisotopic (exact) mass is 438 g/mol. The van der Waals surface area contributed by atoms with Crippen molar-refractivity contribution >= 4 is 23.0 Å². The molecular weight excluding hydrogens is 408 g/mol. The molecule has 9 nitrogen and oxygen atoms in total. The van der Waals surface area contributed by atoms with Crippen molar-refractivity contribution in [2.24, 2.45) is 0 Å². The predicted molar refractivity (Wildman–Crippen MR) is 122 cm³/mol. The number of amides is 2. The summed E-state index contributed by atoms with van der Waals surface area (Å²) < 4.78 is 0. The first-order valence-electron chi connectivity index (χ1n) is 11.0. The lowest BCUT2D eigenvalue weighted by Gasteiger charge is -2.18. The van der Waals surface area contributed by atoms with Gasteiger partial charge in [-0.1, -0.05) is 0 Å². The van der Waals surface area contributed by atoms with Crippen molar-refractivity contribution < 1.29 is 15.0 Å². The summed E-state index contributed by atoms with van der Waals surface area (Å²) in [5.74, 6) is 0.745. The zero-order valence-corrected chi connectivity index (χ0v) is 18.7. The van der Waals surface area contributed by atoms with E-state index in [1.807, 2.05) is 13.0 Å². The summed E-state index contributed by atoms with van der Waals surface area (Å²) in [6, 6.07) is 3.77. The van der Waals surface area contributed by atoms with E-state index in [2.05, 4.69) is 36.6 Å². The van der Waals surface area contributed by atoms with Gasteiger partial charge in [-0.25, -0.2) is 19.7 Å². The fourth-order valence-corrected chi connectivity index (χ4v) is 4.08. The van der Waals surface area contributed by atoms with Crippen LogP contribution in [0, 0.1) is 0 Å². The molecule has 3 aromatic rings. The van der Waals surface area contributed by atoms with Gasteiger partial charge in [0.1, 0.15) is 5.60 Å². The third kappa shape index (κ3) is 4.44. The zero-order valence-electron chi connectivity index (χ0n) is 18.7. The number of carbonyl (C=O) groups excluding carboxylic acids is 1. The second-order valence-corrected chi connectivity index (χ2v) is 8.95. The van der Waals surface area contributed by atoms with Crippen LogP contribution in [0.25, 0.3) is 22.2 Å². The predicted octanol–water partition coefficient (Wildman–Crippen LogP) is 3.19. The highest BCUT2D eigenvalue weighted by atomic mass is 16.3. The highest BCUT2D eigenvalue weighted by Crippen LogP contribution is 2.54. The molecule has 2 aromatic heterocycles. The summed E-state index contributed by atoms with van der Waals surface area (Å²) in [6.07, 6.45) is 7.09. The third-order valence-electron chi connectivity index (χ3n) is 5.93. The van der Waals surface area contributed by atoms with E-state index in [0.29, 0.717) is 18.3 Å². The molecule has 32 heavy (non-hydrogen) atoms. The second kappa shape index (κ2) is 8.48. The number of aromatic amines is 1. The molecule has 0 unspecified atom stereocenters. The summed E-state index contributed by atoms with van der Waals surface area (Å²) in [5, 5.41) is 25.0. The number of aliphatic hydroxyl groups is 2. The van der Waals surface area contributed by atoms with Gasteiger partial charge in [0, 0.05) is 31.1 Å². The number of nitrogens with zero attached hydrogens (tertiary/aromatic N) is 3. The van der Waals surface area contributed by atoms with Crippen molar-refractivity contribution in [3.63, 3.8) is 0 Å². The summed E-state index contributed by atoms with van der Waals surface area (Å²) in [7, 11) is 0. The zero-order chi connectivity index (χ0) is 22.9. The van der Waals surface area contributed by atoms with Gasteiger partial charge in [0.25, 0.3) is 0 Å². The fraction of sp³-hybridized carbons (Fsp3) is 0.478. The van der Waals surface area contributed by atoms with Crippen LogP contribution >= 0.6 is 0 Å². The number of urea groups is 1. The Morgan fingerprint density at radius 2 is 1.94 bits per heavy atom. The average molecular weight is 439 g/mol. The first kappa shape index (κ1) is 22.2. The molecular formula is C23H30N6O3. The van der Waals surface area contributed by atoms with Crippen molar-refractivity contribution in [3.8, 4) is 11.1 Å². The summed E-state index contributed by atoms with van der Waals surface area (Å²) in [6.45, 7) is 5.83. The van der Waals surface area contributed by atoms with E-state index >= 15 is 0 Å². The quantitative estimate of drug-likeness (QED) is 0.366. The minimum Gasteiger partial charge on any atom is -0.396 e. The van der Waals surface area contributed by atoms with E-state index in [-0.39, 0.29) is 18.1 Å². The number of benzene rings is 1. The molecule has 5 N–H and O–H groups in total. The van der Waals surface area contributed by atoms with E-state index in [1.165, 1.54) is 0 Å². The molecule has 2 amide bonds. The lowest BCUT2D eigenvalue weighted by atomic mass is 9.88. The van der Waals surface area contributed by atoms with Gasteiger partial charge in [-0.2, -0.15) is 0 Å². The van der Waals surface area contributed by atoms with E-state index in [4.69, 9.17) is 0 Å². The number of hydrogen-bond acceptors (Lipinski definition) is 6. The highest BCUT2D eigenvalue weighted by Gasteiger charge is 2.45. The maximum absolute atomic E-state index is 12.0. The molecule has 0 atom stereocenters. The molecule has 1 fully saturated rings. The van der Waals surface area contributed by atoms with Gasteiger partial charge in [-0.15, -0.1) is 0 Å². The number of aromatic nitrogens is 4. The van der Waals surface area contributed by atoms with E-state index in [1.54, 1.807) is 26.2 Å². The number of anilines is 1. The molecule has 2 heterocycles. The van der Waals surface area contributed by atoms with Crippen LogP contribution in [0.5, 0.6) is 0 Å². The third-order valence-corrected chi connectivity index (χ3v) is 5.93. The number of rotatable bonds is 8. The molecule has 0 aliphatic heterocycles. The fourth-order valence-electron chi connectivity index (χ4n) is 4.08. The number of nitrogens with one attached hydrogen (secondary N) is 3. The molecule has 1 aliphatic rings. The Morgan fingerprint density at radius 1 is 1.22 bits per heavy atom. The Kier molecular flexibility index (Phi) is 5.87. The van der Waals surface area contributed by atoms with Crippen LogP contribution in [0.4, 0.5) is 10.7 Å². The minimum atomic E-state index is -1.11. The number of imidazole rings is 1. The van der Waals surface area contributed by atoms with Gasteiger partial charge >= 0.3 is 6.03 Å². The number of H-pyrrole nitrogens is 1. The number of fused-ring (bicyclic) bond motifs is 1. The molecule has 1 aliphatic carbocycles. The second-order valence-electron chi connectivity index (χ2n) is 8.95. The Balaban J connectivity index is 1.78. The van der Waals surface area contributed by atoms with Gasteiger partial charge < -0.3 is 20.5 Å². The average Bonchev–Trinajstić information content (AvgIpc) is 3.43. The van der Waals surface area contributed by atoms with Crippen LogP contribution in [0.2, 0.25) is 0 Å². The number of carbonyl (C=O) groups is 1. The molecule has 1 aromatic carbocycles. The smallest absolute Gasteiger partial charge is 0.321 e. The van der Waals surface area contributed by atoms with Crippen molar-refractivity contribution in [2.75, 3.05) is 18.5 Å². The van der Waals surface area contributed by atoms with Crippen LogP contribution in [0.1, 0.15) is 57.8 Å². The van der Waals surface area contributed by atoms with Crippen LogP contribution in [-0.4, -0.2) is 49.3 Å². The van der Waals surface area contributed by atoms with Gasteiger partial charge in [-0.05, 0) is 75.1 Å². The van der Waals surface area contributed by atoms with Gasteiger partial charge in [0.2, 0.25) is 5.95 Å². The molecule has 0 bridgehead atoms. The highest BCUT2D eigenvalue weighted by molar-refractivity contribution is 5.92. The number of hydrogen-bond donors (Lipinski definition) is 5. The Morgan fingerprint density at radius 3 is 2.53 bits per heavy atom. The Labute approximate surface area is 186 Å². The minimum absolute atomic E-state index is 0.0248. The van der Waals surface area contributed by atoms with Crippen molar-refractivity contribution in [3.05, 3.63) is 35.9 Å². The van der Waals surface area contributed by atoms with E-state index in [9.17, 15) is 15.0 Å². The molecule has 170 valence electrons. The van der Waals surface area contributed by atoms with Crippen molar-refractivity contribution in [2.45, 2.75) is 57.5 Å². The van der Waals surface area contributed by atoms with Crippen LogP contribution in [-0.2, 0) is 11.0 Å². The summed E-state index contributed by atoms with van der Waals surface area (Å²) >= 11 is 0. The first-order chi connectivity index (χ1) is 15.3.